The molecule has 140 valence electrons. The van der Waals surface area contributed by atoms with Crippen LogP contribution in [0.15, 0.2) is 6.07 Å². The van der Waals surface area contributed by atoms with Crippen LogP contribution in [0.25, 0.3) is 0 Å². The molecule has 8 heteroatoms. The number of nitrogens with zero attached hydrogens (tertiary/aromatic N) is 2. The molecule has 0 radical (unpaired) electrons. The summed E-state index contributed by atoms with van der Waals surface area (Å²) >= 11 is 0. The summed E-state index contributed by atoms with van der Waals surface area (Å²) in [6.45, 7) is 7.15. The van der Waals surface area contributed by atoms with E-state index in [4.69, 9.17) is 14.6 Å². The first-order chi connectivity index (χ1) is 11.9. The molecule has 0 spiro atoms. The minimum absolute atomic E-state index is 0.246. The number of amides is 1. The summed E-state index contributed by atoms with van der Waals surface area (Å²) in [5.74, 6) is -0.820. The average molecular weight is 353 g/mol. The van der Waals surface area contributed by atoms with E-state index in [1.54, 1.807) is 4.68 Å². The highest BCUT2D eigenvalue weighted by atomic mass is 16.5. The molecule has 1 fully saturated rings. The van der Waals surface area contributed by atoms with E-state index in [9.17, 15) is 9.59 Å². The van der Waals surface area contributed by atoms with Crippen LogP contribution >= 0.6 is 0 Å². The largest absolute Gasteiger partial charge is 0.480 e. The predicted molar refractivity (Wildman–Crippen MR) is 90.5 cm³/mol. The number of aliphatic carboxylic acids is 1. The number of hydrogen-bond acceptors (Lipinski definition) is 5. The van der Waals surface area contributed by atoms with E-state index in [0.717, 1.165) is 12.1 Å². The van der Waals surface area contributed by atoms with Gasteiger partial charge in [-0.3, -0.25) is 9.48 Å². The molecule has 0 aliphatic carbocycles. The molecule has 8 nitrogen and oxygen atoms in total. The van der Waals surface area contributed by atoms with Gasteiger partial charge in [-0.25, -0.2) is 4.79 Å². The molecule has 0 bridgehead atoms. The lowest BCUT2D eigenvalue weighted by molar-refractivity contribution is -0.147. The van der Waals surface area contributed by atoms with Gasteiger partial charge in [-0.1, -0.05) is 13.8 Å². The van der Waals surface area contributed by atoms with E-state index in [1.165, 1.54) is 0 Å². The topological polar surface area (TPSA) is 103 Å². The molecule has 1 aliphatic heterocycles. The van der Waals surface area contributed by atoms with Gasteiger partial charge in [-0.05, 0) is 31.7 Å². The standard InChI is InChI=1S/C17H27N3O5/c1-4-20-14(8-12(19-20)7-11(2)3)17(23)18-13-9-24-6-5-15(13)25-10-16(21)22/h8,11,13,15H,4-7,9-10H2,1-3H3,(H,18,23)(H,21,22)/t13-,15+/m1/s1. The molecule has 2 heterocycles. The monoisotopic (exact) mass is 353 g/mol. The molecule has 2 rings (SSSR count). The molecule has 1 aliphatic rings. The Morgan fingerprint density at radius 2 is 2.28 bits per heavy atom. The Balaban J connectivity index is 2.06. The van der Waals surface area contributed by atoms with Gasteiger partial charge in [0.05, 0.1) is 24.4 Å². The minimum atomic E-state index is -1.03. The molecule has 0 aromatic carbocycles. The number of ether oxygens (including phenoxy) is 2. The van der Waals surface area contributed by atoms with Crippen molar-refractivity contribution in [3.05, 3.63) is 17.5 Å². The Morgan fingerprint density at radius 3 is 2.92 bits per heavy atom. The summed E-state index contributed by atoms with van der Waals surface area (Å²) in [5.41, 5.74) is 1.39. The van der Waals surface area contributed by atoms with Crippen LogP contribution in [0, 0.1) is 5.92 Å². The van der Waals surface area contributed by atoms with Crippen LogP contribution in [0.5, 0.6) is 0 Å². The Labute approximate surface area is 147 Å². The van der Waals surface area contributed by atoms with E-state index >= 15 is 0 Å². The molecule has 0 saturated carbocycles. The maximum absolute atomic E-state index is 12.7. The number of aryl methyl sites for hydroxylation is 1. The van der Waals surface area contributed by atoms with Gasteiger partial charge in [0.1, 0.15) is 12.3 Å². The first kappa shape index (κ1) is 19.4. The molecular weight excluding hydrogens is 326 g/mol. The van der Waals surface area contributed by atoms with Gasteiger partial charge in [-0.2, -0.15) is 5.10 Å². The zero-order chi connectivity index (χ0) is 18.4. The number of nitrogens with one attached hydrogen (secondary N) is 1. The number of carboxylic acids is 1. The van der Waals surface area contributed by atoms with Crippen LogP contribution in [0.2, 0.25) is 0 Å². The normalized spacial score (nSPS) is 20.6. The fourth-order valence-corrected chi connectivity index (χ4v) is 2.89. The maximum atomic E-state index is 12.7. The zero-order valence-electron chi connectivity index (χ0n) is 15.0. The van der Waals surface area contributed by atoms with Gasteiger partial charge in [0.2, 0.25) is 0 Å². The van der Waals surface area contributed by atoms with Gasteiger partial charge in [0.25, 0.3) is 5.91 Å². The third kappa shape index (κ3) is 5.54. The van der Waals surface area contributed by atoms with Crippen molar-refractivity contribution in [1.29, 1.82) is 0 Å². The molecule has 1 amide bonds. The molecule has 1 aromatic rings. The fourth-order valence-electron chi connectivity index (χ4n) is 2.89. The second-order valence-electron chi connectivity index (χ2n) is 6.62. The van der Waals surface area contributed by atoms with Crippen molar-refractivity contribution in [3.8, 4) is 0 Å². The summed E-state index contributed by atoms with van der Waals surface area (Å²) in [5, 5.41) is 16.2. The number of carbonyl (C=O) groups excluding carboxylic acids is 1. The number of carbonyl (C=O) groups is 2. The second kappa shape index (κ2) is 8.96. The van der Waals surface area contributed by atoms with Crippen LogP contribution in [0.4, 0.5) is 0 Å². The van der Waals surface area contributed by atoms with Gasteiger partial charge in [-0.15, -0.1) is 0 Å². The lowest BCUT2D eigenvalue weighted by Gasteiger charge is -2.31. The van der Waals surface area contributed by atoms with Crippen LogP contribution < -0.4 is 5.32 Å². The summed E-state index contributed by atoms with van der Waals surface area (Å²) < 4.78 is 12.5. The highest BCUT2D eigenvalue weighted by Crippen LogP contribution is 2.14. The predicted octanol–water partition coefficient (Wildman–Crippen LogP) is 1.09. The number of hydrogen-bond donors (Lipinski definition) is 2. The second-order valence-corrected chi connectivity index (χ2v) is 6.62. The first-order valence-corrected chi connectivity index (χ1v) is 8.69. The van der Waals surface area contributed by atoms with E-state index in [2.05, 4.69) is 24.3 Å². The van der Waals surface area contributed by atoms with Gasteiger partial charge >= 0.3 is 5.97 Å². The minimum Gasteiger partial charge on any atom is -0.480 e. The third-order valence-electron chi connectivity index (χ3n) is 4.01. The summed E-state index contributed by atoms with van der Waals surface area (Å²) in [6.07, 6.45) is 0.982. The van der Waals surface area contributed by atoms with Gasteiger partial charge < -0.3 is 19.9 Å². The molecule has 0 unspecified atom stereocenters. The average Bonchev–Trinajstić information content (AvgIpc) is 2.96. The van der Waals surface area contributed by atoms with E-state index in [-0.39, 0.29) is 24.7 Å². The van der Waals surface area contributed by atoms with Crippen molar-refractivity contribution in [2.24, 2.45) is 5.92 Å². The molecule has 1 aromatic heterocycles. The lowest BCUT2D eigenvalue weighted by Crippen LogP contribution is -2.51. The van der Waals surface area contributed by atoms with Crippen LogP contribution in [-0.2, 0) is 27.2 Å². The van der Waals surface area contributed by atoms with E-state index < -0.39 is 5.97 Å². The van der Waals surface area contributed by atoms with Crippen molar-refractivity contribution >= 4 is 11.9 Å². The SMILES string of the molecule is CCn1nc(CC(C)C)cc1C(=O)N[C@@H]1COCC[C@@H]1OCC(=O)O. The lowest BCUT2D eigenvalue weighted by atomic mass is 10.1. The van der Waals surface area contributed by atoms with Crippen LogP contribution in [-0.4, -0.2) is 58.7 Å². The molecular formula is C17H27N3O5. The Hall–Kier alpha value is -1.93. The highest BCUT2D eigenvalue weighted by molar-refractivity contribution is 5.93. The number of carboxylic acid groups (broad SMARTS) is 1. The Kier molecular flexibility index (Phi) is 6.95. The highest BCUT2D eigenvalue weighted by Gasteiger charge is 2.29. The van der Waals surface area contributed by atoms with Gasteiger partial charge in [0, 0.05) is 13.2 Å². The van der Waals surface area contributed by atoms with E-state index in [0.29, 0.717) is 37.8 Å². The Bertz CT molecular complexity index is 599. The molecule has 25 heavy (non-hydrogen) atoms. The van der Waals surface area contributed by atoms with Crippen molar-refractivity contribution in [1.82, 2.24) is 15.1 Å². The quantitative estimate of drug-likeness (QED) is 0.725. The van der Waals surface area contributed by atoms with Crippen molar-refractivity contribution in [2.75, 3.05) is 19.8 Å². The van der Waals surface area contributed by atoms with E-state index in [1.807, 2.05) is 13.0 Å². The van der Waals surface area contributed by atoms with Crippen LogP contribution in [0.3, 0.4) is 0 Å². The van der Waals surface area contributed by atoms with Crippen molar-refractivity contribution < 1.29 is 24.2 Å². The summed E-state index contributed by atoms with van der Waals surface area (Å²) in [6, 6.07) is 1.43. The zero-order valence-corrected chi connectivity index (χ0v) is 15.0. The molecule has 2 N–H and O–H groups in total. The number of aromatic nitrogens is 2. The summed E-state index contributed by atoms with van der Waals surface area (Å²) in [4.78, 5) is 23.4. The van der Waals surface area contributed by atoms with Crippen molar-refractivity contribution in [2.45, 2.75) is 52.3 Å². The van der Waals surface area contributed by atoms with Crippen molar-refractivity contribution in [3.63, 3.8) is 0 Å². The molecule has 1 saturated heterocycles. The third-order valence-corrected chi connectivity index (χ3v) is 4.01. The van der Waals surface area contributed by atoms with Crippen LogP contribution in [0.1, 0.15) is 43.4 Å². The Morgan fingerprint density at radius 1 is 1.52 bits per heavy atom. The molecule has 2 atom stereocenters. The first-order valence-electron chi connectivity index (χ1n) is 8.69. The summed E-state index contributed by atoms with van der Waals surface area (Å²) in [7, 11) is 0. The maximum Gasteiger partial charge on any atom is 0.329 e. The smallest absolute Gasteiger partial charge is 0.329 e. The number of rotatable bonds is 8. The fraction of sp³-hybridized carbons (Fsp3) is 0.706. The van der Waals surface area contributed by atoms with Gasteiger partial charge in [0.15, 0.2) is 0 Å².